The number of aliphatic hydroxyl groups is 7. The summed E-state index contributed by atoms with van der Waals surface area (Å²) in [6.07, 6.45) is -6.14. The van der Waals surface area contributed by atoms with E-state index < -0.39 is 96.9 Å². The maximum atomic E-state index is 14.6. The predicted molar refractivity (Wildman–Crippen MR) is 198 cm³/mol. The Labute approximate surface area is 329 Å². The van der Waals surface area contributed by atoms with Gasteiger partial charge in [0.2, 0.25) is 6.29 Å². The van der Waals surface area contributed by atoms with Crippen LogP contribution in [0.5, 0.6) is 0 Å². The minimum absolute atomic E-state index is 0.0330. The summed E-state index contributed by atoms with van der Waals surface area (Å²) in [5.74, 6) is -1.52. The molecule has 2 aliphatic heterocycles. The fourth-order valence-corrected chi connectivity index (χ4v) is 13.5. The Morgan fingerprint density at radius 1 is 0.750 bits per heavy atom. The molecule has 0 aromatic rings. The van der Waals surface area contributed by atoms with Crippen molar-refractivity contribution in [2.24, 2.45) is 50.2 Å². The molecular weight excluding hydrogens is 728 g/mol. The quantitative estimate of drug-likeness (QED) is 0.110. The lowest BCUT2D eigenvalue weighted by Crippen LogP contribution is -2.66. The van der Waals surface area contributed by atoms with E-state index >= 15 is 0 Å². The van der Waals surface area contributed by atoms with E-state index in [0.29, 0.717) is 25.2 Å². The summed E-state index contributed by atoms with van der Waals surface area (Å²) >= 11 is 0. The Bertz CT molecular complexity index is 1560. The molecule has 0 aromatic heterocycles. The lowest BCUT2D eigenvalue weighted by Gasteiger charge is -2.71. The highest BCUT2D eigenvalue weighted by Crippen LogP contribution is 2.76. The van der Waals surface area contributed by atoms with Crippen molar-refractivity contribution in [2.75, 3.05) is 6.61 Å². The van der Waals surface area contributed by atoms with Crippen molar-refractivity contribution in [2.45, 2.75) is 180 Å². The SMILES string of the molecule is CC1(C)CC[C@]2(C(=O)O[C@@H]3O[C@H](CO)[C@@H](O)[C@H](O)[C@H]3O)CC[C@]3(C)C(=CC[C@@H]4[C@@]5(C)CC[C@H](O[C@@H]6O[C@H](C(=O)O)[C@H](O)[C@H](O)[C@H]6O)C(C)(C)[C@H]5CC[C@]43C)[C@@H]2C1. The number of ether oxygens (including phenoxy) is 4. The Morgan fingerprint density at radius 3 is 2.05 bits per heavy atom. The lowest BCUT2D eigenvalue weighted by atomic mass is 9.33. The molecule has 8 N–H and O–H groups in total. The van der Waals surface area contributed by atoms with E-state index in [4.69, 9.17) is 18.9 Å². The Balaban J connectivity index is 1.16. The standard InChI is InChI=1S/C42H66O14/c1-37(2)14-16-42(36(52)56-34-30(48)27(45)26(44)22(19-43)53-34)17-15-40(6)20(21(42)18-37)8-9-24-39(5)12-11-25(38(3,4)23(39)10-13-41(24,40)7)54-35-31(49)28(46)29(47)32(55-35)33(50)51/h8,21-32,34-35,43-49H,9-19H2,1-7H3,(H,50,51)/t21-,22+,23+,24+,25-,26+,27-,28-,29+,30+,31+,32-,34-,35+,39-,40+,41+,42-/m0/s1. The zero-order valence-corrected chi connectivity index (χ0v) is 34.0. The van der Waals surface area contributed by atoms with Gasteiger partial charge in [-0.25, -0.2) is 4.79 Å². The molecule has 0 unspecified atom stereocenters. The van der Waals surface area contributed by atoms with Gasteiger partial charge in [-0.3, -0.25) is 4.79 Å². The molecule has 0 bridgehead atoms. The second-order valence-electron chi connectivity index (χ2n) is 20.7. The molecule has 0 amide bonds. The second kappa shape index (κ2) is 14.2. The first-order valence-corrected chi connectivity index (χ1v) is 20.8. The van der Waals surface area contributed by atoms with Crippen LogP contribution in [0.4, 0.5) is 0 Å². The molecule has 18 atom stereocenters. The van der Waals surface area contributed by atoms with E-state index in [2.05, 4.69) is 54.5 Å². The number of carbonyl (C=O) groups excluding carboxylic acids is 1. The number of esters is 1. The number of aliphatic carboxylic acids is 1. The van der Waals surface area contributed by atoms with Crippen molar-refractivity contribution >= 4 is 11.9 Å². The van der Waals surface area contributed by atoms with E-state index in [0.717, 1.165) is 44.9 Å². The van der Waals surface area contributed by atoms with E-state index in [9.17, 15) is 50.4 Å². The van der Waals surface area contributed by atoms with Crippen molar-refractivity contribution in [1.29, 1.82) is 0 Å². The van der Waals surface area contributed by atoms with Crippen molar-refractivity contribution in [3.63, 3.8) is 0 Å². The molecule has 0 radical (unpaired) electrons. The molecule has 0 aromatic carbocycles. The lowest BCUT2D eigenvalue weighted by molar-refractivity contribution is -0.324. The third-order valence-electron chi connectivity index (χ3n) is 17.2. The van der Waals surface area contributed by atoms with Crippen LogP contribution in [0.3, 0.4) is 0 Å². The van der Waals surface area contributed by atoms with Gasteiger partial charge in [0.05, 0.1) is 18.1 Å². The number of rotatable bonds is 6. The normalized spacial score (nSPS) is 52.3. The first-order valence-electron chi connectivity index (χ1n) is 20.8. The Hall–Kier alpha value is -1.72. The number of carboxylic acids is 1. The van der Waals surface area contributed by atoms with Gasteiger partial charge in [-0.05, 0) is 109 Å². The summed E-state index contributed by atoms with van der Waals surface area (Å²) in [4.78, 5) is 26.4. The van der Waals surface area contributed by atoms with Crippen molar-refractivity contribution in [3.8, 4) is 0 Å². The van der Waals surface area contributed by atoms with Crippen LogP contribution in [0, 0.1) is 50.2 Å². The van der Waals surface area contributed by atoms with Crippen molar-refractivity contribution in [1.82, 2.24) is 0 Å². The third kappa shape index (κ3) is 6.17. The van der Waals surface area contributed by atoms with Crippen LogP contribution in [0.15, 0.2) is 11.6 Å². The predicted octanol–water partition coefficient (Wildman–Crippen LogP) is 2.41. The molecule has 2 saturated heterocycles. The highest BCUT2D eigenvalue weighted by Gasteiger charge is 2.70. The Morgan fingerprint density at radius 2 is 1.39 bits per heavy atom. The summed E-state index contributed by atoms with van der Waals surface area (Å²) in [7, 11) is 0. The zero-order chi connectivity index (χ0) is 41.1. The number of aliphatic hydroxyl groups excluding tert-OH is 7. The average Bonchev–Trinajstić information content (AvgIpc) is 3.12. The van der Waals surface area contributed by atoms with Crippen LogP contribution in [0.1, 0.15) is 113 Å². The summed E-state index contributed by atoms with van der Waals surface area (Å²) < 4.78 is 23.5. The van der Waals surface area contributed by atoms with Gasteiger partial charge in [0, 0.05) is 0 Å². The number of allylic oxidation sites excluding steroid dienone is 2. The molecular formula is C42H66O14. The maximum absolute atomic E-state index is 14.6. The number of fused-ring (bicyclic) bond motifs is 7. The van der Waals surface area contributed by atoms with Gasteiger partial charge in [0.1, 0.15) is 42.7 Å². The molecule has 6 fully saturated rings. The van der Waals surface area contributed by atoms with Gasteiger partial charge in [0.25, 0.3) is 0 Å². The minimum Gasteiger partial charge on any atom is -0.479 e. The summed E-state index contributed by atoms with van der Waals surface area (Å²) in [6.45, 7) is 15.5. The van der Waals surface area contributed by atoms with Crippen LogP contribution in [-0.2, 0) is 28.5 Å². The van der Waals surface area contributed by atoms with E-state index in [1.165, 1.54) is 5.57 Å². The number of hydrogen-bond acceptors (Lipinski definition) is 13. The second-order valence-corrected chi connectivity index (χ2v) is 20.7. The molecule has 14 heteroatoms. The van der Waals surface area contributed by atoms with Crippen LogP contribution >= 0.6 is 0 Å². The van der Waals surface area contributed by atoms with Crippen LogP contribution in [0.25, 0.3) is 0 Å². The maximum Gasteiger partial charge on any atom is 0.335 e. The van der Waals surface area contributed by atoms with Gasteiger partial charge in [0.15, 0.2) is 12.4 Å². The molecule has 2 heterocycles. The average molecular weight is 795 g/mol. The van der Waals surface area contributed by atoms with E-state index in [1.54, 1.807) is 0 Å². The first-order chi connectivity index (χ1) is 26.0. The summed E-state index contributed by atoms with van der Waals surface area (Å²) in [6, 6.07) is 0. The Kier molecular flexibility index (Phi) is 10.8. The third-order valence-corrected chi connectivity index (χ3v) is 17.2. The van der Waals surface area contributed by atoms with E-state index in [-0.39, 0.29) is 33.5 Å². The fraction of sp³-hybridized carbons (Fsp3) is 0.905. The smallest absolute Gasteiger partial charge is 0.335 e. The van der Waals surface area contributed by atoms with Gasteiger partial charge in [-0.1, -0.05) is 60.1 Å². The fourth-order valence-electron chi connectivity index (χ4n) is 13.5. The zero-order valence-electron chi connectivity index (χ0n) is 34.0. The molecule has 14 nitrogen and oxygen atoms in total. The van der Waals surface area contributed by atoms with Crippen LogP contribution in [0.2, 0.25) is 0 Å². The molecule has 7 aliphatic rings. The van der Waals surface area contributed by atoms with Crippen molar-refractivity contribution in [3.05, 3.63) is 11.6 Å². The molecule has 5 aliphatic carbocycles. The number of carboxylic acid groups (broad SMARTS) is 1. The van der Waals surface area contributed by atoms with Crippen LogP contribution < -0.4 is 0 Å². The van der Waals surface area contributed by atoms with Gasteiger partial charge in [-0.15, -0.1) is 0 Å². The monoisotopic (exact) mass is 794 g/mol. The number of hydrogen-bond donors (Lipinski definition) is 8. The van der Waals surface area contributed by atoms with Crippen LogP contribution in [-0.4, -0.2) is 127 Å². The number of carbonyl (C=O) groups is 2. The van der Waals surface area contributed by atoms with E-state index in [1.807, 2.05) is 0 Å². The topological polar surface area (TPSA) is 233 Å². The summed E-state index contributed by atoms with van der Waals surface area (Å²) in [5.41, 5.74) is -0.448. The molecule has 0 spiro atoms. The molecule has 4 saturated carbocycles. The first kappa shape index (κ1) is 42.4. The molecule has 7 rings (SSSR count). The van der Waals surface area contributed by atoms with Gasteiger partial charge < -0.3 is 59.8 Å². The highest BCUT2D eigenvalue weighted by molar-refractivity contribution is 5.79. The molecule has 318 valence electrons. The summed E-state index contributed by atoms with van der Waals surface area (Å²) in [5, 5.41) is 82.4. The minimum atomic E-state index is -1.79. The highest BCUT2D eigenvalue weighted by atomic mass is 16.7. The largest absolute Gasteiger partial charge is 0.479 e. The molecule has 56 heavy (non-hydrogen) atoms. The van der Waals surface area contributed by atoms with Gasteiger partial charge in [-0.2, -0.15) is 0 Å². The van der Waals surface area contributed by atoms with Crippen molar-refractivity contribution < 1.29 is 69.4 Å². The van der Waals surface area contributed by atoms with Gasteiger partial charge >= 0.3 is 11.9 Å².